The molecule has 0 radical (unpaired) electrons. The van der Waals surface area contributed by atoms with Gasteiger partial charge in [0.05, 0.1) is 0 Å². The molecule has 2 N–H and O–H groups in total. The van der Waals surface area contributed by atoms with Crippen molar-refractivity contribution in [3.63, 3.8) is 0 Å². The van der Waals surface area contributed by atoms with Crippen molar-refractivity contribution in [3.8, 4) is 0 Å². The number of carbonyl (C=O) groups excluding carboxylic acids is 1. The number of nitrogens with zero attached hydrogens (tertiary/aromatic N) is 2. The molecule has 0 unspecified atom stereocenters. The monoisotopic (exact) mass is 280 g/mol. The highest BCUT2D eigenvalue weighted by Gasteiger charge is 2.45. The number of hydrogen-bond acceptors (Lipinski definition) is 3. The van der Waals surface area contributed by atoms with Crippen molar-refractivity contribution < 1.29 is 4.79 Å². The van der Waals surface area contributed by atoms with Gasteiger partial charge in [-0.3, -0.25) is 9.89 Å². The minimum Gasteiger partial charge on any atom is -0.354 e. The van der Waals surface area contributed by atoms with Crippen molar-refractivity contribution in [2.75, 3.05) is 6.54 Å². The van der Waals surface area contributed by atoms with Crippen LogP contribution in [-0.2, 0) is 11.3 Å². The molecule has 3 rings (SSSR count). The first-order valence-corrected chi connectivity index (χ1v) is 7.47. The van der Waals surface area contributed by atoms with Crippen molar-refractivity contribution >= 4 is 18.1 Å². The van der Waals surface area contributed by atoms with Crippen molar-refractivity contribution in [2.24, 2.45) is 17.8 Å². The van der Waals surface area contributed by atoms with E-state index in [1.54, 1.807) is 0 Å². The van der Waals surface area contributed by atoms with E-state index in [0.29, 0.717) is 29.7 Å². The molecule has 0 aliphatic heterocycles. The summed E-state index contributed by atoms with van der Waals surface area (Å²) in [6, 6.07) is 0. The molecule has 0 bridgehead atoms. The summed E-state index contributed by atoms with van der Waals surface area (Å²) in [6.45, 7) is 3.23. The van der Waals surface area contributed by atoms with E-state index >= 15 is 0 Å². The van der Waals surface area contributed by atoms with Gasteiger partial charge in [-0.1, -0.05) is 0 Å². The van der Waals surface area contributed by atoms with Gasteiger partial charge >= 0.3 is 0 Å². The molecule has 19 heavy (non-hydrogen) atoms. The number of nitrogens with one attached hydrogen (secondary N) is 2. The molecule has 104 valence electrons. The maximum absolute atomic E-state index is 12.2. The third-order valence-electron chi connectivity index (χ3n) is 4.15. The van der Waals surface area contributed by atoms with Gasteiger partial charge in [0.15, 0.2) is 4.77 Å². The maximum Gasteiger partial charge on any atom is 0.223 e. The number of aromatic nitrogens is 3. The molecule has 2 saturated carbocycles. The van der Waals surface area contributed by atoms with Crippen LogP contribution in [0, 0.1) is 29.4 Å². The summed E-state index contributed by atoms with van der Waals surface area (Å²) >= 11 is 5.14. The molecule has 2 fully saturated rings. The van der Waals surface area contributed by atoms with Crippen LogP contribution in [0.3, 0.4) is 0 Å². The van der Waals surface area contributed by atoms with Crippen molar-refractivity contribution in [1.82, 2.24) is 20.1 Å². The predicted molar refractivity (Wildman–Crippen MR) is 74.1 cm³/mol. The number of hydrogen-bond donors (Lipinski definition) is 2. The van der Waals surface area contributed by atoms with E-state index in [9.17, 15) is 4.79 Å². The first-order chi connectivity index (χ1) is 9.16. The Labute approximate surface area is 117 Å². The summed E-state index contributed by atoms with van der Waals surface area (Å²) in [4.78, 5) is 12.2. The summed E-state index contributed by atoms with van der Waals surface area (Å²) in [5.74, 6) is 2.70. The van der Waals surface area contributed by atoms with Crippen molar-refractivity contribution in [2.45, 2.75) is 39.2 Å². The number of aryl methyl sites for hydroxylation is 1. The summed E-state index contributed by atoms with van der Waals surface area (Å²) < 4.78 is 2.53. The zero-order valence-electron chi connectivity index (χ0n) is 11.2. The topological polar surface area (TPSA) is 62.7 Å². The second kappa shape index (κ2) is 5.07. The van der Waals surface area contributed by atoms with Gasteiger partial charge in [-0.15, -0.1) is 0 Å². The zero-order chi connectivity index (χ0) is 13.4. The largest absolute Gasteiger partial charge is 0.354 e. The van der Waals surface area contributed by atoms with Gasteiger partial charge in [0.1, 0.15) is 5.82 Å². The molecule has 0 atom stereocenters. The third kappa shape index (κ3) is 2.88. The highest BCUT2D eigenvalue weighted by molar-refractivity contribution is 7.71. The van der Waals surface area contributed by atoms with Crippen LogP contribution >= 0.6 is 12.2 Å². The van der Waals surface area contributed by atoms with E-state index in [1.165, 1.54) is 25.7 Å². The lowest BCUT2D eigenvalue weighted by Crippen LogP contribution is -2.35. The van der Waals surface area contributed by atoms with E-state index < -0.39 is 0 Å². The highest BCUT2D eigenvalue weighted by atomic mass is 32.1. The minimum atomic E-state index is 0.248. The average molecular weight is 280 g/mol. The molecule has 1 aromatic rings. The van der Waals surface area contributed by atoms with Gasteiger partial charge in [-0.2, -0.15) is 5.10 Å². The van der Waals surface area contributed by atoms with Gasteiger partial charge in [-0.25, -0.2) is 0 Å². The molecule has 2 aliphatic rings. The molecule has 1 aromatic heterocycles. The van der Waals surface area contributed by atoms with Crippen LogP contribution in [0.25, 0.3) is 0 Å². The van der Waals surface area contributed by atoms with Crippen LogP contribution < -0.4 is 5.32 Å². The lowest BCUT2D eigenvalue weighted by molar-refractivity contribution is -0.126. The Hall–Kier alpha value is -1.17. The van der Waals surface area contributed by atoms with Crippen LogP contribution in [-0.4, -0.2) is 27.2 Å². The van der Waals surface area contributed by atoms with Gasteiger partial charge in [0.2, 0.25) is 5.91 Å². The highest BCUT2D eigenvalue weighted by Crippen LogP contribution is 2.49. The lowest BCUT2D eigenvalue weighted by Gasteiger charge is -2.15. The number of aromatic amines is 1. The van der Waals surface area contributed by atoms with Gasteiger partial charge in [0, 0.05) is 19.0 Å². The minimum absolute atomic E-state index is 0.248. The first kappa shape index (κ1) is 12.8. The molecule has 0 saturated heterocycles. The van der Waals surface area contributed by atoms with Crippen LogP contribution in [0.15, 0.2) is 0 Å². The van der Waals surface area contributed by atoms with Crippen LogP contribution in [0.5, 0.6) is 0 Å². The Morgan fingerprint density at radius 1 is 1.47 bits per heavy atom. The molecule has 1 amide bonds. The second-order valence-corrected chi connectivity index (χ2v) is 6.11. The smallest absolute Gasteiger partial charge is 0.223 e. The number of amides is 1. The normalized spacial score (nSPS) is 18.8. The third-order valence-corrected chi connectivity index (χ3v) is 4.46. The Kier molecular flexibility index (Phi) is 3.43. The fraction of sp³-hybridized carbons (Fsp3) is 0.769. The molecule has 0 aromatic carbocycles. The predicted octanol–water partition coefficient (Wildman–Crippen LogP) is 1.80. The van der Waals surface area contributed by atoms with Gasteiger partial charge in [0.25, 0.3) is 0 Å². The van der Waals surface area contributed by atoms with Crippen molar-refractivity contribution in [1.29, 1.82) is 0 Å². The van der Waals surface area contributed by atoms with E-state index in [1.807, 2.05) is 11.5 Å². The Morgan fingerprint density at radius 2 is 2.11 bits per heavy atom. The van der Waals surface area contributed by atoms with E-state index in [-0.39, 0.29) is 11.8 Å². The molecule has 2 aliphatic carbocycles. The molecule has 5 nitrogen and oxygen atoms in total. The molecular formula is C13H20N4OS. The molecule has 1 heterocycles. The van der Waals surface area contributed by atoms with E-state index in [0.717, 1.165) is 5.82 Å². The SMILES string of the molecule is Cc1n[nH]c(=S)n1CCNC(=O)C(C1CC1)C1CC1. The second-order valence-electron chi connectivity index (χ2n) is 5.72. The average Bonchev–Trinajstić information content (AvgIpc) is 3.26. The maximum atomic E-state index is 12.2. The lowest BCUT2D eigenvalue weighted by atomic mass is 9.97. The zero-order valence-corrected chi connectivity index (χ0v) is 12.0. The fourth-order valence-corrected chi connectivity index (χ4v) is 3.06. The van der Waals surface area contributed by atoms with Crippen LogP contribution in [0.4, 0.5) is 0 Å². The summed E-state index contributed by atoms with van der Waals surface area (Å²) in [6.07, 6.45) is 4.95. The van der Waals surface area contributed by atoms with Crippen LogP contribution in [0.2, 0.25) is 0 Å². The summed E-state index contributed by atoms with van der Waals surface area (Å²) in [7, 11) is 0. The Bertz CT molecular complexity index is 515. The Balaban J connectivity index is 1.51. The van der Waals surface area contributed by atoms with Gasteiger partial charge < -0.3 is 9.88 Å². The standard InChI is InChI=1S/C13H20N4OS/c1-8-15-16-13(19)17(8)7-6-14-12(18)11(9-2-3-9)10-4-5-10/h9-11H,2-7H2,1H3,(H,14,18)(H,16,19). The quantitative estimate of drug-likeness (QED) is 0.781. The Morgan fingerprint density at radius 3 is 2.58 bits per heavy atom. The molecule has 0 spiro atoms. The number of rotatable bonds is 6. The van der Waals surface area contributed by atoms with Crippen LogP contribution in [0.1, 0.15) is 31.5 Å². The van der Waals surface area contributed by atoms with E-state index in [4.69, 9.17) is 12.2 Å². The number of H-pyrrole nitrogens is 1. The van der Waals surface area contributed by atoms with Gasteiger partial charge in [-0.05, 0) is 56.7 Å². The first-order valence-electron chi connectivity index (χ1n) is 7.06. The molecular weight excluding hydrogens is 260 g/mol. The molecule has 6 heteroatoms. The van der Waals surface area contributed by atoms with Crippen molar-refractivity contribution in [3.05, 3.63) is 10.6 Å². The summed E-state index contributed by atoms with van der Waals surface area (Å²) in [5, 5.41) is 9.89. The fourth-order valence-electron chi connectivity index (χ4n) is 2.79. The number of carbonyl (C=O) groups is 1. The van der Waals surface area contributed by atoms with E-state index in [2.05, 4.69) is 15.5 Å². The summed E-state index contributed by atoms with van der Waals surface area (Å²) in [5.41, 5.74) is 0.